The number of aliphatic carboxylic acids is 4. The van der Waals surface area contributed by atoms with Crippen LogP contribution in [0.3, 0.4) is 0 Å². The van der Waals surface area contributed by atoms with Gasteiger partial charge in [0, 0.05) is 19.3 Å². The van der Waals surface area contributed by atoms with Gasteiger partial charge in [0.15, 0.2) is 0 Å². The van der Waals surface area contributed by atoms with Crippen LogP contribution in [0.1, 0.15) is 65.7 Å². The predicted molar refractivity (Wildman–Crippen MR) is 85.8 cm³/mol. The minimum atomic E-state index is -0.884. The highest BCUT2D eigenvalue weighted by Gasteiger charge is 2.33. The SMILES string of the molecule is CC(CCC(=O)O)C(C)(C)C(=O)O.O=C(O)CCCCCC(=O)O. The number of carbonyl (C=O) groups is 4. The summed E-state index contributed by atoms with van der Waals surface area (Å²) in [5.41, 5.74) is -0.852. The van der Waals surface area contributed by atoms with Gasteiger partial charge in [0.25, 0.3) is 0 Å². The summed E-state index contributed by atoms with van der Waals surface area (Å²) in [5, 5.41) is 33.7. The normalized spacial score (nSPS) is 11.8. The van der Waals surface area contributed by atoms with E-state index in [-0.39, 0.29) is 25.2 Å². The molecular weight excluding hydrogens is 320 g/mol. The van der Waals surface area contributed by atoms with Crippen molar-refractivity contribution in [1.82, 2.24) is 0 Å². The molecule has 0 aromatic heterocycles. The van der Waals surface area contributed by atoms with E-state index in [1.807, 2.05) is 0 Å². The van der Waals surface area contributed by atoms with Gasteiger partial charge in [-0.1, -0.05) is 13.3 Å². The molecule has 8 heteroatoms. The Morgan fingerprint density at radius 3 is 1.42 bits per heavy atom. The molecule has 0 aromatic carbocycles. The summed E-state index contributed by atoms with van der Waals surface area (Å²) < 4.78 is 0. The zero-order chi connectivity index (χ0) is 19.3. The van der Waals surface area contributed by atoms with Crippen LogP contribution in [-0.4, -0.2) is 44.3 Å². The summed E-state index contributed by atoms with van der Waals surface area (Å²) in [6.07, 6.45) is 2.52. The van der Waals surface area contributed by atoms with Crippen LogP contribution in [0.2, 0.25) is 0 Å². The standard InChI is InChI=1S/C9H16O4.C7H12O4/c1-6(4-5-7(10)11)9(2,3)8(12)13;8-6(9)4-2-1-3-5-7(10)11/h6H,4-5H2,1-3H3,(H,10,11)(H,12,13);1-5H2,(H,8,9)(H,10,11). The number of carboxylic acid groups (broad SMARTS) is 4. The summed E-state index contributed by atoms with van der Waals surface area (Å²) in [6, 6.07) is 0. The lowest BCUT2D eigenvalue weighted by molar-refractivity contribution is -0.150. The third-order valence-electron chi connectivity index (χ3n) is 3.86. The quantitative estimate of drug-likeness (QED) is 0.416. The average Bonchev–Trinajstić information content (AvgIpc) is 2.44. The molecule has 0 aliphatic heterocycles. The van der Waals surface area contributed by atoms with Crippen molar-refractivity contribution in [3.8, 4) is 0 Å². The van der Waals surface area contributed by atoms with Gasteiger partial charge in [0.05, 0.1) is 5.41 Å². The van der Waals surface area contributed by atoms with Crippen LogP contribution < -0.4 is 0 Å². The molecule has 0 spiro atoms. The molecule has 0 bridgehead atoms. The number of rotatable bonds is 11. The molecule has 0 radical (unpaired) electrons. The zero-order valence-electron chi connectivity index (χ0n) is 14.4. The van der Waals surface area contributed by atoms with Crippen LogP contribution in [0.4, 0.5) is 0 Å². The Labute approximate surface area is 141 Å². The number of unbranched alkanes of at least 4 members (excludes halogenated alkanes) is 2. The fraction of sp³-hybridized carbons (Fsp3) is 0.750. The van der Waals surface area contributed by atoms with Crippen molar-refractivity contribution in [2.45, 2.75) is 65.7 Å². The van der Waals surface area contributed by atoms with E-state index in [2.05, 4.69) is 0 Å². The minimum Gasteiger partial charge on any atom is -0.481 e. The smallest absolute Gasteiger partial charge is 0.309 e. The fourth-order valence-electron chi connectivity index (χ4n) is 1.64. The second-order valence-electron chi connectivity index (χ2n) is 6.21. The molecule has 0 aromatic rings. The van der Waals surface area contributed by atoms with Gasteiger partial charge in [0.2, 0.25) is 0 Å². The molecule has 0 amide bonds. The number of hydrogen-bond acceptors (Lipinski definition) is 4. The molecule has 24 heavy (non-hydrogen) atoms. The monoisotopic (exact) mass is 348 g/mol. The Balaban J connectivity index is 0. The van der Waals surface area contributed by atoms with E-state index in [0.717, 1.165) is 0 Å². The van der Waals surface area contributed by atoms with E-state index >= 15 is 0 Å². The second kappa shape index (κ2) is 12.3. The first-order chi connectivity index (χ1) is 10.9. The first-order valence-electron chi connectivity index (χ1n) is 7.80. The summed E-state index contributed by atoms with van der Waals surface area (Å²) in [6.45, 7) is 4.99. The molecule has 0 aliphatic rings. The van der Waals surface area contributed by atoms with E-state index in [0.29, 0.717) is 25.7 Å². The molecule has 0 heterocycles. The first-order valence-corrected chi connectivity index (χ1v) is 7.80. The summed E-state index contributed by atoms with van der Waals surface area (Å²) in [4.78, 5) is 41.0. The van der Waals surface area contributed by atoms with Crippen molar-refractivity contribution in [2.24, 2.45) is 11.3 Å². The van der Waals surface area contributed by atoms with Crippen LogP contribution >= 0.6 is 0 Å². The highest BCUT2D eigenvalue weighted by atomic mass is 16.4. The third-order valence-corrected chi connectivity index (χ3v) is 3.86. The molecule has 1 unspecified atom stereocenters. The molecule has 1 atom stereocenters. The Morgan fingerprint density at radius 2 is 1.12 bits per heavy atom. The molecule has 0 rings (SSSR count). The third kappa shape index (κ3) is 13.5. The van der Waals surface area contributed by atoms with Crippen molar-refractivity contribution in [3.05, 3.63) is 0 Å². The first kappa shape index (κ1) is 24.1. The Morgan fingerprint density at radius 1 is 0.750 bits per heavy atom. The van der Waals surface area contributed by atoms with Gasteiger partial charge >= 0.3 is 23.9 Å². The van der Waals surface area contributed by atoms with Gasteiger partial charge < -0.3 is 20.4 Å². The molecule has 140 valence electrons. The zero-order valence-corrected chi connectivity index (χ0v) is 14.4. The van der Waals surface area contributed by atoms with E-state index in [9.17, 15) is 19.2 Å². The van der Waals surface area contributed by atoms with E-state index in [4.69, 9.17) is 20.4 Å². The maximum absolute atomic E-state index is 10.8. The van der Waals surface area contributed by atoms with Crippen LogP contribution in [0.5, 0.6) is 0 Å². The van der Waals surface area contributed by atoms with E-state index < -0.39 is 29.3 Å². The molecule has 0 aliphatic carbocycles. The van der Waals surface area contributed by atoms with Crippen molar-refractivity contribution in [3.63, 3.8) is 0 Å². The molecular formula is C16H28O8. The van der Waals surface area contributed by atoms with E-state index in [1.54, 1.807) is 20.8 Å². The highest BCUT2D eigenvalue weighted by Crippen LogP contribution is 2.30. The van der Waals surface area contributed by atoms with Crippen molar-refractivity contribution >= 4 is 23.9 Å². The highest BCUT2D eigenvalue weighted by molar-refractivity contribution is 5.74. The number of carboxylic acids is 4. The van der Waals surface area contributed by atoms with Crippen molar-refractivity contribution in [1.29, 1.82) is 0 Å². The van der Waals surface area contributed by atoms with Gasteiger partial charge in [-0.15, -0.1) is 0 Å². The maximum atomic E-state index is 10.8. The molecule has 8 nitrogen and oxygen atoms in total. The van der Waals surface area contributed by atoms with Gasteiger partial charge in [-0.05, 0) is 39.0 Å². The van der Waals surface area contributed by atoms with Gasteiger partial charge in [0.1, 0.15) is 0 Å². The molecule has 4 N–H and O–H groups in total. The van der Waals surface area contributed by atoms with E-state index in [1.165, 1.54) is 0 Å². The summed E-state index contributed by atoms with van der Waals surface area (Å²) in [5.74, 6) is -3.54. The summed E-state index contributed by atoms with van der Waals surface area (Å²) in [7, 11) is 0. The second-order valence-corrected chi connectivity index (χ2v) is 6.21. The molecule has 0 fully saturated rings. The average molecular weight is 348 g/mol. The van der Waals surface area contributed by atoms with Crippen molar-refractivity contribution < 1.29 is 39.6 Å². The van der Waals surface area contributed by atoms with Crippen LogP contribution in [0.15, 0.2) is 0 Å². The van der Waals surface area contributed by atoms with Crippen LogP contribution in [0.25, 0.3) is 0 Å². The fourth-order valence-corrected chi connectivity index (χ4v) is 1.64. The Hall–Kier alpha value is -2.12. The van der Waals surface area contributed by atoms with Crippen LogP contribution in [-0.2, 0) is 19.2 Å². The Bertz CT molecular complexity index is 412. The minimum absolute atomic E-state index is 0.0257. The van der Waals surface area contributed by atoms with Gasteiger partial charge in [-0.3, -0.25) is 19.2 Å². The topological polar surface area (TPSA) is 149 Å². The van der Waals surface area contributed by atoms with Gasteiger partial charge in [-0.2, -0.15) is 0 Å². The van der Waals surface area contributed by atoms with Crippen LogP contribution in [0, 0.1) is 11.3 Å². The maximum Gasteiger partial charge on any atom is 0.309 e. The van der Waals surface area contributed by atoms with Gasteiger partial charge in [-0.25, -0.2) is 0 Å². The summed E-state index contributed by atoms with van der Waals surface area (Å²) >= 11 is 0. The predicted octanol–water partition coefficient (Wildman–Crippen LogP) is 2.70. The molecule has 0 saturated carbocycles. The molecule has 0 saturated heterocycles. The lowest BCUT2D eigenvalue weighted by Crippen LogP contribution is -2.31. The lowest BCUT2D eigenvalue weighted by atomic mass is 9.78. The Kier molecular flexibility index (Phi) is 12.4. The lowest BCUT2D eigenvalue weighted by Gasteiger charge is -2.26. The largest absolute Gasteiger partial charge is 0.481 e. The number of hydrogen-bond donors (Lipinski definition) is 4. The van der Waals surface area contributed by atoms with Crippen molar-refractivity contribution in [2.75, 3.05) is 0 Å².